The molecular formula is C22H19FN8O. The Balaban J connectivity index is 1.45. The first-order chi connectivity index (χ1) is 15.6. The highest BCUT2D eigenvalue weighted by Gasteiger charge is 2.36. The largest absolute Gasteiger partial charge is 0.403 e. The molecule has 6 rings (SSSR count). The number of H-pyrrole nitrogens is 1. The zero-order valence-electron chi connectivity index (χ0n) is 17.4. The summed E-state index contributed by atoms with van der Waals surface area (Å²) in [7, 11) is 0. The highest BCUT2D eigenvalue weighted by atomic mass is 19.1. The normalized spacial score (nSPS) is 16.0. The van der Waals surface area contributed by atoms with Crippen molar-refractivity contribution in [2.24, 2.45) is 0 Å². The Morgan fingerprint density at radius 2 is 2.09 bits per heavy atom. The zero-order chi connectivity index (χ0) is 21.8. The van der Waals surface area contributed by atoms with Crippen LogP contribution in [0.1, 0.15) is 34.5 Å². The highest BCUT2D eigenvalue weighted by Crippen LogP contribution is 2.37. The quantitative estimate of drug-likeness (QED) is 0.468. The lowest BCUT2D eigenvalue weighted by Crippen LogP contribution is -2.36. The summed E-state index contributed by atoms with van der Waals surface area (Å²) in [4.78, 5) is 14.2. The molecule has 0 amide bonds. The van der Waals surface area contributed by atoms with Crippen molar-refractivity contribution in [3.05, 3.63) is 77.1 Å². The molecule has 10 heteroatoms. The molecule has 0 fully saturated rings. The Morgan fingerprint density at radius 1 is 1.19 bits per heavy atom. The minimum absolute atomic E-state index is 0.335. The lowest BCUT2D eigenvalue weighted by atomic mass is 10.0. The molecule has 1 N–H and O–H groups in total. The van der Waals surface area contributed by atoms with Gasteiger partial charge in [-0.2, -0.15) is 5.10 Å². The van der Waals surface area contributed by atoms with E-state index in [1.165, 1.54) is 10.6 Å². The summed E-state index contributed by atoms with van der Waals surface area (Å²) < 4.78 is 22.0. The Kier molecular flexibility index (Phi) is 4.07. The summed E-state index contributed by atoms with van der Waals surface area (Å²) in [5, 5.41) is 13.2. The Bertz CT molecular complexity index is 1450. The predicted molar refractivity (Wildman–Crippen MR) is 114 cm³/mol. The van der Waals surface area contributed by atoms with Crippen molar-refractivity contribution >= 4 is 11.5 Å². The van der Waals surface area contributed by atoms with Crippen molar-refractivity contribution in [3.63, 3.8) is 0 Å². The predicted octanol–water partition coefficient (Wildman–Crippen LogP) is 3.41. The maximum Gasteiger partial charge on any atom is 0.319 e. The van der Waals surface area contributed by atoms with Crippen LogP contribution in [0.4, 0.5) is 10.4 Å². The van der Waals surface area contributed by atoms with Crippen LogP contribution >= 0.6 is 0 Å². The van der Waals surface area contributed by atoms with Crippen molar-refractivity contribution in [1.82, 2.24) is 34.8 Å². The molecule has 0 spiro atoms. The molecule has 0 aliphatic carbocycles. The van der Waals surface area contributed by atoms with Gasteiger partial charge in [0.25, 0.3) is 5.89 Å². The molecule has 0 bridgehead atoms. The molecule has 1 atom stereocenters. The van der Waals surface area contributed by atoms with Crippen LogP contribution in [-0.2, 0) is 6.42 Å². The number of imidazole rings is 1. The molecule has 9 nitrogen and oxygen atoms in total. The van der Waals surface area contributed by atoms with Gasteiger partial charge < -0.3 is 14.3 Å². The summed E-state index contributed by atoms with van der Waals surface area (Å²) in [5.74, 6) is 0.0657. The third-order valence-electron chi connectivity index (χ3n) is 5.79. The second-order valence-corrected chi connectivity index (χ2v) is 7.84. The first-order valence-corrected chi connectivity index (χ1v) is 10.3. The summed E-state index contributed by atoms with van der Waals surface area (Å²) in [5.41, 5.74) is 5.41. The molecule has 0 unspecified atom stereocenters. The van der Waals surface area contributed by atoms with Crippen LogP contribution in [0.25, 0.3) is 17.0 Å². The molecule has 5 aromatic heterocycles. The van der Waals surface area contributed by atoms with Crippen LogP contribution < -0.4 is 4.90 Å². The number of aromatic amines is 1. The molecule has 1 aliphatic rings. The number of aromatic nitrogens is 7. The van der Waals surface area contributed by atoms with Gasteiger partial charge in [-0.3, -0.25) is 4.98 Å². The average Bonchev–Trinajstić information content (AvgIpc) is 3.52. The Hall–Kier alpha value is -4.08. The highest BCUT2D eigenvalue weighted by molar-refractivity contribution is 5.58. The van der Waals surface area contributed by atoms with E-state index in [1.54, 1.807) is 24.7 Å². The van der Waals surface area contributed by atoms with Crippen LogP contribution in [0, 0.1) is 19.7 Å². The van der Waals surface area contributed by atoms with Crippen LogP contribution in [0.15, 0.2) is 47.3 Å². The van der Waals surface area contributed by atoms with Gasteiger partial charge >= 0.3 is 6.01 Å². The average molecular weight is 430 g/mol. The second kappa shape index (κ2) is 6.98. The number of aryl methyl sites for hydroxylation is 2. The molecule has 0 saturated heterocycles. The standard InChI is InChI=1S/C22H19FN8O/c1-12-5-6-14(13(2)26-12)21-27-28-22(32-21)30-9-7-16-19(25-11-24-16)20(30)17-10-18-15(23)4-3-8-31(18)29-17/h3-6,8,10-11,20H,7,9H2,1-2H3,(H,24,25)/t20-/m1/s1. The summed E-state index contributed by atoms with van der Waals surface area (Å²) in [6.45, 7) is 4.47. The number of hydrogen-bond acceptors (Lipinski definition) is 7. The van der Waals surface area contributed by atoms with Gasteiger partial charge in [0.05, 0.1) is 29.0 Å². The van der Waals surface area contributed by atoms with Crippen LogP contribution in [0.5, 0.6) is 0 Å². The van der Waals surface area contributed by atoms with Gasteiger partial charge in [-0.15, -0.1) is 5.10 Å². The number of pyridine rings is 2. The number of anilines is 1. The van der Waals surface area contributed by atoms with Gasteiger partial charge in [0, 0.05) is 30.6 Å². The van der Waals surface area contributed by atoms with E-state index in [-0.39, 0.29) is 5.82 Å². The fourth-order valence-electron chi connectivity index (χ4n) is 4.27. The van der Waals surface area contributed by atoms with E-state index < -0.39 is 6.04 Å². The first kappa shape index (κ1) is 18.7. The number of nitrogens with one attached hydrogen (secondary N) is 1. The maximum absolute atomic E-state index is 14.3. The van der Waals surface area contributed by atoms with Gasteiger partial charge in [0.15, 0.2) is 0 Å². The Labute approximate surface area is 182 Å². The van der Waals surface area contributed by atoms with Crippen LogP contribution in [0.3, 0.4) is 0 Å². The number of nitrogens with zero attached hydrogens (tertiary/aromatic N) is 7. The minimum Gasteiger partial charge on any atom is -0.403 e. The van der Waals surface area contributed by atoms with E-state index in [4.69, 9.17) is 4.42 Å². The smallest absolute Gasteiger partial charge is 0.319 e. The third kappa shape index (κ3) is 2.87. The van der Waals surface area contributed by atoms with Gasteiger partial charge in [0.1, 0.15) is 17.4 Å². The van der Waals surface area contributed by atoms with E-state index in [1.807, 2.05) is 30.9 Å². The Morgan fingerprint density at radius 3 is 2.94 bits per heavy atom. The van der Waals surface area contributed by atoms with Gasteiger partial charge in [-0.05, 0) is 44.2 Å². The summed E-state index contributed by atoms with van der Waals surface area (Å²) >= 11 is 0. The van der Waals surface area contributed by atoms with Crippen molar-refractivity contribution in [2.75, 3.05) is 11.4 Å². The molecule has 5 aromatic rings. The van der Waals surface area contributed by atoms with Crippen molar-refractivity contribution in [3.8, 4) is 11.5 Å². The molecule has 160 valence electrons. The van der Waals surface area contributed by atoms with Gasteiger partial charge in [0.2, 0.25) is 0 Å². The molecule has 1 aliphatic heterocycles. The van der Waals surface area contributed by atoms with E-state index in [0.717, 1.165) is 34.8 Å². The number of halogens is 1. The number of rotatable bonds is 3. The fourth-order valence-corrected chi connectivity index (χ4v) is 4.27. The first-order valence-electron chi connectivity index (χ1n) is 10.3. The van der Waals surface area contributed by atoms with E-state index in [0.29, 0.717) is 29.7 Å². The third-order valence-corrected chi connectivity index (χ3v) is 5.79. The van der Waals surface area contributed by atoms with E-state index in [2.05, 4.69) is 30.2 Å². The lowest BCUT2D eigenvalue weighted by molar-refractivity contribution is 0.503. The molecular weight excluding hydrogens is 411 g/mol. The van der Waals surface area contributed by atoms with Crippen molar-refractivity contribution in [1.29, 1.82) is 0 Å². The number of hydrogen-bond donors (Lipinski definition) is 1. The van der Waals surface area contributed by atoms with Crippen LogP contribution in [-0.4, -0.2) is 41.3 Å². The lowest BCUT2D eigenvalue weighted by Gasteiger charge is -2.32. The van der Waals surface area contributed by atoms with E-state index >= 15 is 0 Å². The summed E-state index contributed by atoms with van der Waals surface area (Å²) in [6.07, 6.45) is 4.12. The van der Waals surface area contributed by atoms with Gasteiger partial charge in [-0.1, -0.05) is 5.10 Å². The molecule has 0 aromatic carbocycles. The molecule has 6 heterocycles. The van der Waals surface area contributed by atoms with Gasteiger partial charge in [-0.25, -0.2) is 13.9 Å². The molecule has 32 heavy (non-hydrogen) atoms. The molecule has 0 radical (unpaired) electrons. The van der Waals surface area contributed by atoms with Crippen molar-refractivity contribution < 1.29 is 8.81 Å². The van der Waals surface area contributed by atoms with Crippen molar-refractivity contribution in [2.45, 2.75) is 26.3 Å². The van der Waals surface area contributed by atoms with Crippen LogP contribution in [0.2, 0.25) is 0 Å². The monoisotopic (exact) mass is 430 g/mol. The minimum atomic E-state index is -0.394. The molecule has 0 saturated carbocycles. The maximum atomic E-state index is 14.3. The second-order valence-electron chi connectivity index (χ2n) is 7.84. The zero-order valence-corrected chi connectivity index (χ0v) is 17.4. The summed E-state index contributed by atoms with van der Waals surface area (Å²) in [6, 6.07) is 8.59. The number of fused-ring (bicyclic) bond motifs is 2. The fraction of sp³-hybridized carbons (Fsp3) is 0.227. The SMILES string of the molecule is Cc1ccc(-c2nnc(N3CCc4[nH]cnc4[C@H]3c3cc4c(F)cccn4n3)o2)c(C)n1. The van der Waals surface area contributed by atoms with E-state index in [9.17, 15) is 4.39 Å². The topological polar surface area (TPSA) is 101 Å².